The number of hydrogen-bond donors (Lipinski definition) is 0. The highest BCUT2D eigenvalue weighted by molar-refractivity contribution is 6.27. The Morgan fingerprint density at radius 2 is 2.43 bits per heavy atom. The number of carbonyl (C=O) groups excluding carboxylic acids is 1. The van der Waals surface area contributed by atoms with Crippen LogP contribution < -0.4 is 0 Å². The summed E-state index contributed by atoms with van der Waals surface area (Å²) in [6, 6.07) is 2.11. The Balaban J connectivity index is 2.41. The van der Waals surface area contributed by atoms with Crippen LogP contribution in [0.15, 0.2) is 0 Å². The van der Waals surface area contributed by atoms with Crippen LogP contribution in [0.3, 0.4) is 0 Å². The monoisotopic (exact) mass is 213 g/mol. The maximum atomic E-state index is 11.6. The number of hydrogen-bond acceptors (Lipinski definition) is 3. The average molecular weight is 214 g/mol. The number of carbonyl (C=O) groups is 1. The number of ether oxygens (including phenoxy) is 1. The van der Waals surface area contributed by atoms with Crippen LogP contribution in [0.25, 0.3) is 0 Å². The number of ketones is 1. The lowest BCUT2D eigenvalue weighted by atomic mass is 9.61. The quantitative estimate of drug-likeness (QED) is 0.623. The van der Waals surface area contributed by atoms with Crippen molar-refractivity contribution >= 4 is 17.4 Å². The molecule has 3 saturated carbocycles. The fourth-order valence-corrected chi connectivity index (χ4v) is 3.07. The predicted octanol–water partition coefficient (Wildman–Crippen LogP) is 1.65. The molecule has 0 spiro atoms. The van der Waals surface area contributed by atoms with Gasteiger partial charge in [-0.3, -0.25) is 4.79 Å². The van der Waals surface area contributed by atoms with Gasteiger partial charge in [0.1, 0.15) is 11.4 Å². The second-order valence-electron chi connectivity index (χ2n) is 4.19. The lowest BCUT2D eigenvalue weighted by molar-refractivity contribution is -0.149. The van der Waals surface area contributed by atoms with Gasteiger partial charge in [0.05, 0.1) is 6.07 Å². The van der Waals surface area contributed by atoms with Crippen LogP contribution in [-0.4, -0.2) is 23.4 Å². The van der Waals surface area contributed by atoms with E-state index in [9.17, 15) is 4.79 Å². The largest absolute Gasteiger partial charge is 0.375 e. The fraction of sp³-hybridized carbons (Fsp3) is 0.800. The first kappa shape index (κ1) is 9.95. The van der Waals surface area contributed by atoms with E-state index in [0.29, 0.717) is 12.8 Å². The van der Waals surface area contributed by atoms with Gasteiger partial charge in [-0.25, -0.2) is 0 Å². The molecule has 0 aromatic rings. The second kappa shape index (κ2) is 2.95. The number of rotatable bonds is 1. The normalized spacial score (nSPS) is 46.4. The Morgan fingerprint density at radius 1 is 1.71 bits per heavy atom. The van der Waals surface area contributed by atoms with E-state index in [1.165, 1.54) is 7.11 Å². The van der Waals surface area contributed by atoms with E-state index < -0.39 is 10.5 Å². The van der Waals surface area contributed by atoms with Crippen LogP contribution in [0.2, 0.25) is 0 Å². The molecule has 0 radical (unpaired) electrons. The summed E-state index contributed by atoms with van der Waals surface area (Å²) in [6.07, 6.45) is 2.27. The summed E-state index contributed by atoms with van der Waals surface area (Å²) in [5.74, 6) is 0.175. The molecule has 3 unspecified atom stereocenters. The van der Waals surface area contributed by atoms with Crippen LogP contribution in [0.5, 0.6) is 0 Å². The molecule has 2 bridgehead atoms. The minimum Gasteiger partial charge on any atom is -0.375 e. The van der Waals surface area contributed by atoms with Crippen LogP contribution in [0.4, 0.5) is 0 Å². The summed E-state index contributed by atoms with van der Waals surface area (Å²) in [5, 5.41) is 9.08. The van der Waals surface area contributed by atoms with Crippen molar-refractivity contribution < 1.29 is 9.53 Å². The minimum atomic E-state index is -1.00. The summed E-state index contributed by atoms with van der Waals surface area (Å²) in [5.41, 5.74) is -0.741. The Kier molecular flexibility index (Phi) is 2.09. The maximum absolute atomic E-state index is 11.6. The van der Waals surface area contributed by atoms with Crippen LogP contribution in [-0.2, 0) is 9.53 Å². The Morgan fingerprint density at radius 3 is 2.93 bits per heavy atom. The number of alkyl halides is 1. The number of nitriles is 1. The van der Waals surface area contributed by atoms with Gasteiger partial charge in [0.2, 0.25) is 0 Å². The van der Waals surface area contributed by atoms with Crippen LogP contribution >= 0.6 is 11.6 Å². The molecule has 3 rings (SSSR count). The first-order valence-electron chi connectivity index (χ1n) is 4.75. The Bertz CT molecular complexity index is 325. The van der Waals surface area contributed by atoms with Gasteiger partial charge in [0.25, 0.3) is 0 Å². The van der Waals surface area contributed by atoms with Crippen molar-refractivity contribution in [3.8, 4) is 6.07 Å². The molecule has 0 saturated heterocycles. The van der Waals surface area contributed by atoms with E-state index in [1.807, 2.05) is 0 Å². The molecule has 14 heavy (non-hydrogen) atoms. The zero-order chi connectivity index (χ0) is 10.4. The second-order valence-corrected chi connectivity index (χ2v) is 4.84. The first-order chi connectivity index (χ1) is 6.57. The van der Waals surface area contributed by atoms with Gasteiger partial charge in [0, 0.05) is 19.4 Å². The van der Waals surface area contributed by atoms with E-state index in [0.717, 1.165) is 12.8 Å². The minimum absolute atomic E-state index is 0.0239. The first-order valence-corrected chi connectivity index (χ1v) is 5.13. The average Bonchev–Trinajstić information content (AvgIpc) is 2.20. The maximum Gasteiger partial charge on any atom is 0.160 e. The van der Waals surface area contributed by atoms with Gasteiger partial charge in [-0.15, -0.1) is 0 Å². The number of nitrogens with zero attached hydrogens (tertiary/aromatic N) is 1. The highest BCUT2D eigenvalue weighted by atomic mass is 35.5. The lowest BCUT2D eigenvalue weighted by Gasteiger charge is -2.51. The van der Waals surface area contributed by atoms with Crippen molar-refractivity contribution in [3.63, 3.8) is 0 Å². The summed E-state index contributed by atoms with van der Waals surface area (Å²) in [4.78, 5) is 10.6. The van der Waals surface area contributed by atoms with E-state index in [-0.39, 0.29) is 11.7 Å². The zero-order valence-electron chi connectivity index (χ0n) is 8.05. The smallest absolute Gasteiger partial charge is 0.160 e. The molecule has 3 aliphatic carbocycles. The molecule has 4 heteroatoms. The Labute approximate surface area is 88.0 Å². The predicted molar refractivity (Wildman–Crippen MR) is 50.9 cm³/mol. The molecule has 0 aromatic heterocycles. The molecule has 3 atom stereocenters. The Hall–Kier alpha value is -0.590. The lowest BCUT2D eigenvalue weighted by Crippen LogP contribution is -2.61. The third-order valence-electron chi connectivity index (χ3n) is 3.63. The van der Waals surface area contributed by atoms with Crippen LogP contribution in [0, 0.1) is 17.2 Å². The third kappa shape index (κ3) is 1.04. The molecular formula is C10H12ClNO2. The number of Topliss-reactive ketones (excluding diaryl/α,β-unsaturated/α-hetero) is 1. The van der Waals surface area contributed by atoms with E-state index in [4.69, 9.17) is 21.6 Å². The van der Waals surface area contributed by atoms with Crippen molar-refractivity contribution in [3.05, 3.63) is 0 Å². The fourth-order valence-electron chi connectivity index (χ4n) is 2.65. The molecule has 0 amide bonds. The van der Waals surface area contributed by atoms with Gasteiger partial charge < -0.3 is 4.74 Å². The molecule has 3 aliphatic rings. The highest BCUT2D eigenvalue weighted by Crippen LogP contribution is 2.53. The molecule has 3 nitrogen and oxygen atoms in total. The van der Waals surface area contributed by atoms with Crippen molar-refractivity contribution in [1.29, 1.82) is 5.26 Å². The number of fused-ring (bicyclic) bond motifs is 3. The molecule has 0 N–H and O–H groups in total. The number of halogens is 1. The van der Waals surface area contributed by atoms with Gasteiger partial charge >= 0.3 is 0 Å². The SMILES string of the molecule is COC12CCC(CC1(Cl)C#N)C(=O)C2. The van der Waals surface area contributed by atoms with Crippen LogP contribution in [0.1, 0.15) is 25.7 Å². The summed E-state index contributed by atoms with van der Waals surface area (Å²) < 4.78 is 5.37. The number of methoxy groups -OCH3 is 1. The summed E-state index contributed by atoms with van der Waals surface area (Å²) in [6.45, 7) is 0. The molecule has 0 aromatic carbocycles. The summed E-state index contributed by atoms with van der Waals surface area (Å²) in [7, 11) is 1.54. The molecular weight excluding hydrogens is 202 g/mol. The van der Waals surface area contributed by atoms with Crippen molar-refractivity contribution in [2.24, 2.45) is 5.92 Å². The van der Waals surface area contributed by atoms with E-state index in [1.54, 1.807) is 0 Å². The van der Waals surface area contributed by atoms with Gasteiger partial charge in [-0.2, -0.15) is 5.26 Å². The van der Waals surface area contributed by atoms with Crippen molar-refractivity contribution in [2.45, 2.75) is 36.2 Å². The van der Waals surface area contributed by atoms with Crippen molar-refractivity contribution in [1.82, 2.24) is 0 Å². The topological polar surface area (TPSA) is 50.1 Å². The van der Waals surface area contributed by atoms with E-state index in [2.05, 4.69) is 6.07 Å². The van der Waals surface area contributed by atoms with E-state index >= 15 is 0 Å². The standard InChI is InChI=1S/C10H12ClNO2/c1-14-10-3-2-7(8(13)5-10)4-9(10,11)6-12/h7H,2-5H2,1H3. The molecule has 0 heterocycles. The zero-order valence-corrected chi connectivity index (χ0v) is 8.80. The van der Waals surface area contributed by atoms with Gasteiger partial charge in [0.15, 0.2) is 4.87 Å². The third-order valence-corrected chi connectivity index (χ3v) is 4.21. The molecule has 0 aliphatic heterocycles. The molecule has 76 valence electrons. The van der Waals surface area contributed by atoms with Gasteiger partial charge in [-0.05, 0) is 19.3 Å². The van der Waals surface area contributed by atoms with Gasteiger partial charge in [-0.1, -0.05) is 11.6 Å². The highest BCUT2D eigenvalue weighted by Gasteiger charge is 2.61. The molecule has 3 fully saturated rings. The summed E-state index contributed by atoms with van der Waals surface area (Å²) >= 11 is 6.24. The van der Waals surface area contributed by atoms with Crippen molar-refractivity contribution in [2.75, 3.05) is 7.11 Å².